The third kappa shape index (κ3) is 2.82. The fourth-order valence-electron chi connectivity index (χ4n) is 1.46. The summed E-state index contributed by atoms with van der Waals surface area (Å²) in [6.45, 7) is 2.04. The van der Waals surface area contributed by atoms with E-state index in [1.54, 1.807) is 0 Å². The number of nitrogens with one attached hydrogen (secondary N) is 1. The lowest BCUT2D eigenvalue weighted by Crippen LogP contribution is -2.01. The quantitative estimate of drug-likeness (QED) is 0.813. The first kappa shape index (κ1) is 11.2. The van der Waals surface area contributed by atoms with Gasteiger partial charge < -0.3 is 5.32 Å². The fourth-order valence-corrected chi connectivity index (χ4v) is 1.46. The first-order chi connectivity index (χ1) is 8.31. The van der Waals surface area contributed by atoms with Crippen LogP contribution >= 0.6 is 0 Å². The summed E-state index contributed by atoms with van der Waals surface area (Å²) in [6.07, 6.45) is 6.20. The maximum absolute atomic E-state index is 5.37. The molecule has 1 N–H and O–H groups in total. The number of para-hydroxylation sites is 1. The molecule has 0 aliphatic rings. The van der Waals surface area contributed by atoms with Crippen molar-refractivity contribution >= 4 is 11.6 Å². The zero-order valence-electron chi connectivity index (χ0n) is 9.64. The van der Waals surface area contributed by atoms with Crippen molar-refractivity contribution in [2.75, 3.05) is 5.32 Å². The zero-order chi connectivity index (χ0) is 12.1. The second kappa shape index (κ2) is 5.13. The van der Waals surface area contributed by atoms with E-state index in [-0.39, 0.29) is 0 Å². The van der Waals surface area contributed by atoms with Crippen molar-refractivity contribution in [3.8, 4) is 12.3 Å². The molecular formula is C14H13N3. The van der Waals surface area contributed by atoms with Gasteiger partial charge in [0.05, 0.1) is 0 Å². The molecule has 0 fully saturated rings. The van der Waals surface area contributed by atoms with Crippen LogP contribution < -0.4 is 5.32 Å². The molecule has 0 bridgehead atoms. The Morgan fingerprint density at radius 2 is 2.00 bits per heavy atom. The van der Waals surface area contributed by atoms with E-state index in [1.807, 2.05) is 43.3 Å². The first-order valence-electron chi connectivity index (χ1n) is 5.48. The van der Waals surface area contributed by atoms with Crippen molar-refractivity contribution < 1.29 is 0 Å². The van der Waals surface area contributed by atoms with Gasteiger partial charge in [-0.1, -0.05) is 31.0 Å². The number of aromatic nitrogens is 2. The van der Waals surface area contributed by atoms with E-state index in [1.165, 1.54) is 0 Å². The zero-order valence-corrected chi connectivity index (χ0v) is 9.64. The van der Waals surface area contributed by atoms with Gasteiger partial charge in [0.2, 0.25) is 5.95 Å². The van der Waals surface area contributed by atoms with Gasteiger partial charge in [0.25, 0.3) is 0 Å². The molecule has 0 saturated heterocycles. The summed E-state index contributed by atoms with van der Waals surface area (Å²) in [5.74, 6) is 3.08. The van der Waals surface area contributed by atoms with Crippen LogP contribution in [0.2, 0.25) is 0 Å². The maximum Gasteiger partial charge on any atom is 0.228 e. The molecule has 1 aromatic carbocycles. The summed E-state index contributed by atoms with van der Waals surface area (Å²) in [4.78, 5) is 8.61. The van der Waals surface area contributed by atoms with E-state index in [0.717, 1.165) is 17.8 Å². The lowest BCUT2D eigenvalue weighted by molar-refractivity contribution is 0.997. The minimum absolute atomic E-state index is 0.545. The van der Waals surface area contributed by atoms with Crippen LogP contribution in [0.4, 0.5) is 11.6 Å². The van der Waals surface area contributed by atoms with E-state index in [4.69, 9.17) is 6.42 Å². The lowest BCUT2D eigenvalue weighted by atomic mass is 10.3. The number of anilines is 2. The molecule has 0 atom stereocenters. The van der Waals surface area contributed by atoms with E-state index in [0.29, 0.717) is 11.6 Å². The summed E-state index contributed by atoms with van der Waals surface area (Å²) in [7, 11) is 0. The van der Waals surface area contributed by atoms with E-state index in [9.17, 15) is 0 Å². The first-order valence-corrected chi connectivity index (χ1v) is 5.48. The standard InChI is InChI=1S/C14H13N3/c1-3-11-10-12(4-2)16-14(15-11)17-13-8-6-5-7-9-13/h1,5-10H,4H2,2H3,(H,15,16,17). The lowest BCUT2D eigenvalue weighted by Gasteiger charge is -2.06. The smallest absolute Gasteiger partial charge is 0.228 e. The molecule has 0 amide bonds. The van der Waals surface area contributed by atoms with Crippen molar-refractivity contribution in [2.45, 2.75) is 13.3 Å². The molecule has 0 radical (unpaired) electrons. The summed E-state index contributed by atoms with van der Waals surface area (Å²) >= 11 is 0. The maximum atomic E-state index is 5.37. The van der Waals surface area contributed by atoms with Crippen LogP contribution in [0, 0.1) is 12.3 Å². The van der Waals surface area contributed by atoms with Crippen molar-refractivity contribution in [2.24, 2.45) is 0 Å². The molecule has 0 unspecified atom stereocenters. The predicted octanol–water partition coefficient (Wildman–Crippen LogP) is 2.76. The number of hydrogen-bond acceptors (Lipinski definition) is 3. The van der Waals surface area contributed by atoms with Crippen molar-refractivity contribution in [3.05, 3.63) is 47.8 Å². The third-order valence-electron chi connectivity index (χ3n) is 2.32. The van der Waals surface area contributed by atoms with Gasteiger partial charge in [-0.3, -0.25) is 0 Å². The Bertz CT molecular complexity index is 541. The number of aryl methyl sites for hydroxylation is 1. The highest BCUT2D eigenvalue weighted by Crippen LogP contribution is 2.13. The highest BCUT2D eigenvalue weighted by atomic mass is 15.1. The van der Waals surface area contributed by atoms with Gasteiger partial charge in [-0.2, -0.15) is 0 Å². The van der Waals surface area contributed by atoms with Crippen molar-refractivity contribution in [1.29, 1.82) is 0 Å². The Labute approximate surface area is 101 Å². The number of hydrogen-bond donors (Lipinski definition) is 1. The van der Waals surface area contributed by atoms with Gasteiger partial charge in [0.1, 0.15) is 5.69 Å². The Hall–Kier alpha value is -2.34. The van der Waals surface area contributed by atoms with Gasteiger partial charge in [-0.15, -0.1) is 6.42 Å². The average Bonchev–Trinajstić information content (AvgIpc) is 2.39. The van der Waals surface area contributed by atoms with Crippen LogP contribution in [0.25, 0.3) is 0 Å². The van der Waals surface area contributed by atoms with Crippen LogP contribution in [0.15, 0.2) is 36.4 Å². The SMILES string of the molecule is C#Cc1cc(CC)nc(Nc2ccccc2)n1. The van der Waals surface area contributed by atoms with Crippen LogP contribution in [0.3, 0.4) is 0 Å². The summed E-state index contributed by atoms with van der Waals surface area (Å²) in [6, 6.07) is 11.6. The topological polar surface area (TPSA) is 37.8 Å². The molecule has 3 heteroatoms. The molecule has 0 spiro atoms. The van der Waals surface area contributed by atoms with Crippen LogP contribution in [-0.2, 0) is 6.42 Å². The number of nitrogens with zero attached hydrogens (tertiary/aromatic N) is 2. The molecule has 0 aliphatic heterocycles. The summed E-state index contributed by atoms with van der Waals surface area (Å²) in [5.41, 5.74) is 2.49. The molecular weight excluding hydrogens is 210 g/mol. The minimum atomic E-state index is 0.545. The van der Waals surface area contributed by atoms with E-state index in [2.05, 4.69) is 21.2 Å². The molecule has 3 nitrogen and oxygen atoms in total. The number of terminal acetylenes is 1. The molecule has 1 aromatic heterocycles. The Morgan fingerprint density at radius 3 is 2.65 bits per heavy atom. The second-order valence-electron chi connectivity index (χ2n) is 3.56. The third-order valence-corrected chi connectivity index (χ3v) is 2.32. The van der Waals surface area contributed by atoms with Crippen LogP contribution in [0.1, 0.15) is 18.3 Å². The van der Waals surface area contributed by atoms with Gasteiger partial charge in [0.15, 0.2) is 0 Å². The van der Waals surface area contributed by atoms with Crippen molar-refractivity contribution in [3.63, 3.8) is 0 Å². The number of rotatable bonds is 3. The van der Waals surface area contributed by atoms with Crippen molar-refractivity contribution in [1.82, 2.24) is 9.97 Å². The highest BCUT2D eigenvalue weighted by Gasteiger charge is 2.02. The molecule has 84 valence electrons. The van der Waals surface area contributed by atoms with Crippen LogP contribution in [-0.4, -0.2) is 9.97 Å². The molecule has 2 rings (SSSR count). The predicted molar refractivity (Wildman–Crippen MR) is 69.1 cm³/mol. The second-order valence-corrected chi connectivity index (χ2v) is 3.56. The normalized spacial score (nSPS) is 9.65. The molecule has 17 heavy (non-hydrogen) atoms. The summed E-state index contributed by atoms with van der Waals surface area (Å²) in [5, 5.41) is 3.14. The van der Waals surface area contributed by atoms with Gasteiger partial charge in [-0.05, 0) is 24.6 Å². The number of benzene rings is 1. The van der Waals surface area contributed by atoms with Gasteiger partial charge >= 0.3 is 0 Å². The van der Waals surface area contributed by atoms with Gasteiger partial charge in [0, 0.05) is 11.4 Å². The monoisotopic (exact) mass is 223 g/mol. The fraction of sp³-hybridized carbons (Fsp3) is 0.143. The van der Waals surface area contributed by atoms with Crippen LogP contribution in [0.5, 0.6) is 0 Å². The Morgan fingerprint density at radius 1 is 1.24 bits per heavy atom. The summed E-state index contributed by atoms with van der Waals surface area (Å²) < 4.78 is 0. The van der Waals surface area contributed by atoms with Gasteiger partial charge in [-0.25, -0.2) is 9.97 Å². The van der Waals surface area contributed by atoms with E-state index >= 15 is 0 Å². The Kier molecular flexibility index (Phi) is 3.37. The van der Waals surface area contributed by atoms with E-state index < -0.39 is 0 Å². The Balaban J connectivity index is 2.30. The molecule has 1 heterocycles. The highest BCUT2D eigenvalue weighted by molar-refractivity contribution is 5.53. The largest absolute Gasteiger partial charge is 0.324 e. The molecule has 2 aromatic rings. The minimum Gasteiger partial charge on any atom is -0.324 e. The molecule has 0 saturated carbocycles. The molecule has 0 aliphatic carbocycles. The average molecular weight is 223 g/mol.